The van der Waals surface area contributed by atoms with E-state index in [2.05, 4.69) is 10.1 Å². The van der Waals surface area contributed by atoms with Crippen LogP contribution in [-0.4, -0.2) is 18.1 Å². The van der Waals surface area contributed by atoms with Crippen LogP contribution in [0.5, 0.6) is 5.75 Å². The Morgan fingerprint density at radius 1 is 1.40 bits per heavy atom. The summed E-state index contributed by atoms with van der Waals surface area (Å²) >= 11 is 0. The van der Waals surface area contributed by atoms with Gasteiger partial charge in [0.05, 0.1) is 11.6 Å². The van der Waals surface area contributed by atoms with Gasteiger partial charge in [-0.25, -0.2) is 0 Å². The highest BCUT2D eigenvalue weighted by Crippen LogP contribution is 2.22. The summed E-state index contributed by atoms with van der Waals surface area (Å²) in [6.45, 7) is 2.12. The Morgan fingerprint density at radius 3 is 2.50 bits per heavy atom. The van der Waals surface area contributed by atoms with Gasteiger partial charge in [0, 0.05) is 0 Å². The van der Waals surface area contributed by atoms with Gasteiger partial charge in [0.2, 0.25) is 0 Å². The summed E-state index contributed by atoms with van der Waals surface area (Å²) in [5, 5.41) is 11.7. The van der Waals surface area contributed by atoms with Crippen LogP contribution in [-0.2, 0) is 0 Å². The Labute approximate surface area is 116 Å². The molecule has 1 atom stereocenters. The fraction of sp³-hybridized carbons (Fsp3) is 0.429. The maximum Gasteiger partial charge on any atom is 0.387 e. The smallest absolute Gasteiger partial charge is 0.387 e. The number of carbonyl (C=O) groups excluding carboxylic acids is 1. The van der Waals surface area contributed by atoms with Crippen LogP contribution in [0.15, 0.2) is 24.3 Å². The molecule has 0 aliphatic carbocycles. The van der Waals surface area contributed by atoms with Crippen molar-refractivity contribution < 1.29 is 18.3 Å². The van der Waals surface area contributed by atoms with Crippen molar-refractivity contribution in [3.8, 4) is 11.8 Å². The van der Waals surface area contributed by atoms with E-state index in [4.69, 9.17) is 5.26 Å². The Kier molecular flexibility index (Phi) is 5.03. The van der Waals surface area contributed by atoms with Crippen molar-refractivity contribution in [1.82, 2.24) is 5.32 Å². The van der Waals surface area contributed by atoms with E-state index in [0.29, 0.717) is 0 Å². The molecular formula is C14H16F2N2O2. The minimum absolute atomic E-state index is 0.0325. The lowest BCUT2D eigenvalue weighted by Crippen LogP contribution is -2.48. The van der Waals surface area contributed by atoms with Gasteiger partial charge in [-0.15, -0.1) is 0 Å². The fourth-order valence-corrected chi connectivity index (χ4v) is 1.46. The Morgan fingerprint density at radius 2 is 2.00 bits per heavy atom. The van der Waals surface area contributed by atoms with E-state index < -0.39 is 18.1 Å². The lowest BCUT2D eigenvalue weighted by atomic mass is 9.89. The average Bonchev–Trinajstić information content (AvgIpc) is 2.38. The fourth-order valence-electron chi connectivity index (χ4n) is 1.46. The highest BCUT2D eigenvalue weighted by molar-refractivity contribution is 5.97. The van der Waals surface area contributed by atoms with Crippen molar-refractivity contribution in [2.45, 2.75) is 32.9 Å². The molecule has 108 valence electrons. The molecule has 1 rings (SSSR count). The number of para-hydroxylation sites is 1. The zero-order valence-corrected chi connectivity index (χ0v) is 11.5. The molecule has 0 aliphatic heterocycles. The predicted molar refractivity (Wildman–Crippen MR) is 69.4 cm³/mol. The predicted octanol–water partition coefficient (Wildman–Crippen LogP) is 2.96. The lowest BCUT2D eigenvalue weighted by Gasteiger charge is -2.27. The molecule has 1 amide bonds. The van der Waals surface area contributed by atoms with Gasteiger partial charge < -0.3 is 10.1 Å². The van der Waals surface area contributed by atoms with Gasteiger partial charge in [0.15, 0.2) is 0 Å². The normalized spacial score (nSPS) is 13.7. The number of nitriles is 1. The van der Waals surface area contributed by atoms with E-state index >= 15 is 0 Å². The standard InChI is InChI=1S/C14H16F2N2O2/c1-9(2)14(3,8-17)18-12(19)10-6-4-5-7-11(10)20-13(15)16/h4-7,9,13H,1-3H3,(H,18,19). The summed E-state index contributed by atoms with van der Waals surface area (Å²) in [5.41, 5.74) is -1.12. The number of benzene rings is 1. The number of amides is 1. The minimum Gasteiger partial charge on any atom is -0.434 e. The summed E-state index contributed by atoms with van der Waals surface area (Å²) in [7, 11) is 0. The first-order valence-electron chi connectivity index (χ1n) is 6.07. The molecular weight excluding hydrogens is 266 g/mol. The molecule has 0 aliphatic rings. The maximum absolute atomic E-state index is 12.3. The van der Waals surface area contributed by atoms with Gasteiger partial charge in [0.1, 0.15) is 11.3 Å². The van der Waals surface area contributed by atoms with Gasteiger partial charge in [-0.3, -0.25) is 4.79 Å². The Balaban J connectivity index is 3.02. The van der Waals surface area contributed by atoms with Gasteiger partial charge in [-0.1, -0.05) is 26.0 Å². The van der Waals surface area contributed by atoms with E-state index in [1.165, 1.54) is 24.3 Å². The summed E-state index contributed by atoms with van der Waals surface area (Å²) in [5.74, 6) is -0.984. The molecule has 0 saturated heterocycles. The molecule has 20 heavy (non-hydrogen) atoms. The quantitative estimate of drug-likeness (QED) is 0.903. The van der Waals surface area contributed by atoms with Crippen LogP contribution in [0.1, 0.15) is 31.1 Å². The van der Waals surface area contributed by atoms with Crippen molar-refractivity contribution in [2.24, 2.45) is 5.92 Å². The highest BCUT2D eigenvalue weighted by Gasteiger charge is 2.31. The highest BCUT2D eigenvalue weighted by atomic mass is 19.3. The molecule has 0 heterocycles. The number of hydrogen-bond donors (Lipinski definition) is 1. The molecule has 4 nitrogen and oxygen atoms in total. The number of nitrogens with zero attached hydrogens (tertiary/aromatic N) is 1. The second-order valence-corrected chi connectivity index (χ2v) is 4.80. The van der Waals surface area contributed by atoms with Crippen molar-refractivity contribution in [1.29, 1.82) is 5.26 Å². The van der Waals surface area contributed by atoms with Crippen LogP contribution in [0.2, 0.25) is 0 Å². The van der Waals surface area contributed by atoms with Crippen molar-refractivity contribution >= 4 is 5.91 Å². The van der Waals surface area contributed by atoms with Crippen molar-refractivity contribution in [2.75, 3.05) is 0 Å². The summed E-state index contributed by atoms with van der Waals surface area (Å²) in [6.07, 6.45) is 0. The average molecular weight is 282 g/mol. The second kappa shape index (κ2) is 6.33. The van der Waals surface area contributed by atoms with E-state index in [-0.39, 0.29) is 17.2 Å². The van der Waals surface area contributed by atoms with E-state index in [1.54, 1.807) is 20.8 Å². The number of halogens is 2. The number of alkyl halides is 2. The number of nitrogens with one attached hydrogen (secondary N) is 1. The SMILES string of the molecule is CC(C)C(C)(C#N)NC(=O)c1ccccc1OC(F)F. The van der Waals surface area contributed by atoms with E-state index in [9.17, 15) is 13.6 Å². The molecule has 1 aromatic rings. The molecule has 0 spiro atoms. The molecule has 1 N–H and O–H groups in total. The second-order valence-electron chi connectivity index (χ2n) is 4.80. The molecule has 0 radical (unpaired) electrons. The zero-order valence-electron chi connectivity index (χ0n) is 11.5. The van der Waals surface area contributed by atoms with Crippen molar-refractivity contribution in [3.63, 3.8) is 0 Å². The first kappa shape index (κ1) is 15.9. The molecule has 0 bridgehead atoms. The largest absolute Gasteiger partial charge is 0.434 e. The molecule has 1 unspecified atom stereocenters. The van der Waals surface area contributed by atoms with Gasteiger partial charge in [-0.05, 0) is 25.0 Å². The van der Waals surface area contributed by atoms with Crippen molar-refractivity contribution in [3.05, 3.63) is 29.8 Å². The molecule has 0 fully saturated rings. The minimum atomic E-state index is -3.02. The van der Waals surface area contributed by atoms with Crippen LogP contribution in [0.25, 0.3) is 0 Å². The third-order valence-electron chi connectivity index (χ3n) is 3.11. The van der Waals surface area contributed by atoms with Crippen LogP contribution < -0.4 is 10.1 Å². The Bertz CT molecular complexity index is 526. The first-order valence-corrected chi connectivity index (χ1v) is 6.07. The third-order valence-corrected chi connectivity index (χ3v) is 3.11. The van der Waals surface area contributed by atoms with Crippen LogP contribution in [0.4, 0.5) is 8.78 Å². The number of carbonyl (C=O) groups is 1. The number of hydrogen-bond acceptors (Lipinski definition) is 3. The van der Waals surface area contributed by atoms with Crippen LogP contribution in [0, 0.1) is 17.2 Å². The third kappa shape index (κ3) is 3.67. The lowest BCUT2D eigenvalue weighted by molar-refractivity contribution is -0.0501. The molecule has 1 aromatic carbocycles. The topological polar surface area (TPSA) is 62.1 Å². The van der Waals surface area contributed by atoms with Gasteiger partial charge in [0.25, 0.3) is 5.91 Å². The molecule has 0 aromatic heterocycles. The van der Waals surface area contributed by atoms with Crippen LogP contribution >= 0.6 is 0 Å². The molecule has 6 heteroatoms. The summed E-state index contributed by atoms with van der Waals surface area (Å²) < 4.78 is 28.9. The first-order chi connectivity index (χ1) is 9.30. The summed E-state index contributed by atoms with van der Waals surface area (Å²) in [6, 6.07) is 7.68. The number of ether oxygens (including phenoxy) is 1. The molecule has 0 saturated carbocycles. The monoisotopic (exact) mass is 282 g/mol. The maximum atomic E-state index is 12.3. The zero-order chi connectivity index (χ0) is 15.3. The Hall–Kier alpha value is -2.16. The van der Waals surface area contributed by atoms with Crippen LogP contribution in [0.3, 0.4) is 0 Å². The van der Waals surface area contributed by atoms with Gasteiger partial charge in [-0.2, -0.15) is 14.0 Å². The summed E-state index contributed by atoms with van der Waals surface area (Å²) in [4.78, 5) is 12.1. The van der Waals surface area contributed by atoms with Gasteiger partial charge >= 0.3 is 6.61 Å². The number of rotatable bonds is 5. The van der Waals surface area contributed by atoms with E-state index in [0.717, 1.165) is 0 Å². The van der Waals surface area contributed by atoms with E-state index in [1.807, 2.05) is 6.07 Å².